The average molecular weight is 474 g/mol. The molecule has 24 heavy (non-hydrogen) atoms. The number of anilines is 2. The molecular formula is C16H19IN4OS2. The lowest BCUT2D eigenvalue weighted by molar-refractivity contribution is -0.113. The van der Waals surface area contributed by atoms with Crippen LogP contribution in [-0.4, -0.2) is 27.9 Å². The Morgan fingerprint density at radius 3 is 2.83 bits per heavy atom. The molecule has 0 bridgehead atoms. The molecule has 1 aliphatic rings. The second-order valence-corrected chi connectivity index (χ2v) is 9.03. The number of hydrogen-bond acceptors (Lipinski definition) is 6. The quantitative estimate of drug-likeness (QED) is 0.473. The summed E-state index contributed by atoms with van der Waals surface area (Å²) in [6.07, 6.45) is 6.33. The van der Waals surface area contributed by atoms with E-state index in [1.54, 1.807) is 0 Å². The van der Waals surface area contributed by atoms with E-state index in [1.165, 1.54) is 55.2 Å². The van der Waals surface area contributed by atoms with Gasteiger partial charge in [0.1, 0.15) is 0 Å². The Bertz CT molecular complexity index is 688. The molecule has 1 heterocycles. The van der Waals surface area contributed by atoms with Crippen LogP contribution in [0.15, 0.2) is 28.6 Å². The van der Waals surface area contributed by atoms with Gasteiger partial charge in [-0.05, 0) is 47.6 Å². The topological polar surface area (TPSA) is 66.9 Å². The minimum absolute atomic E-state index is 0.0268. The maximum Gasteiger partial charge on any atom is 0.234 e. The summed E-state index contributed by atoms with van der Waals surface area (Å²) in [4.78, 5) is 12.1. The number of carbonyl (C=O) groups excluding carboxylic acids is 1. The highest BCUT2D eigenvalue weighted by Crippen LogP contribution is 2.28. The fourth-order valence-electron chi connectivity index (χ4n) is 2.62. The highest BCUT2D eigenvalue weighted by atomic mass is 127. The summed E-state index contributed by atoms with van der Waals surface area (Å²) < 4.78 is 1.86. The van der Waals surface area contributed by atoms with Crippen molar-refractivity contribution in [3.05, 3.63) is 27.8 Å². The van der Waals surface area contributed by atoms with Crippen molar-refractivity contribution >= 4 is 62.4 Å². The third kappa shape index (κ3) is 5.32. The number of thioether (sulfide) groups is 1. The maximum absolute atomic E-state index is 12.1. The third-order valence-corrected chi connectivity index (χ3v) is 6.74. The number of rotatable bonds is 6. The standard InChI is InChI=1S/C16H19IN4OS2/c17-12-8-4-5-9-13(12)19-14(22)10-23-16-21-20-15(24-16)18-11-6-2-1-3-7-11/h4-5,8-9,11H,1-3,6-7,10H2,(H,18,20)(H,19,22). The largest absolute Gasteiger partial charge is 0.357 e. The third-order valence-electron chi connectivity index (χ3n) is 3.81. The summed E-state index contributed by atoms with van der Waals surface area (Å²) in [6.45, 7) is 0. The Kier molecular flexibility index (Phi) is 6.73. The van der Waals surface area contributed by atoms with Crippen LogP contribution in [0.25, 0.3) is 0 Å². The molecule has 2 N–H and O–H groups in total. The van der Waals surface area contributed by atoms with Crippen molar-refractivity contribution in [1.82, 2.24) is 10.2 Å². The lowest BCUT2D eigenvalue weighted by Crippen LogP contribution is -2.21. The molecule has 2 aromatic rings. The Morgan fingerprint density at radius 2 is 2.04 bits per heavy atom. The van der Waals surface area contributed by atoms with Gasteiger partial charge in [-0.25, -0.2) is 0 Å². The van der Waals surface area contributed by atoms with Gasteiger partial charge < -0.3 is 10.6 Å². The molecule has 8 heteroatoms. The molecule has 0 spiro atoms. The van der Waals surface area contributed by atoms with Gasteiger partial charge >= 0.3 is 0 Å². The second-order valence-electron chi connectivity index (χ2n) is 5.67. The summed E-state index contributed by atoms with van der Waals surface area (Å²) in [5.74, 6) is 0.310. The zero-order valence-corrected chi connectivity index (χ0v) is 16.9. The number of benzene rings is 1. The molecule has 3 rings (SSSR count). The fraction of sp³-hybridized carbons (Fsp3) is 0.438. The molecule has 0 atom stereocenters. The van der Waals surface area contributed by atoms with E-state index < -0.39 is 0 Å². The summed E-state index contributed by atoms with van der Waals surface area (Å²) >= 11 is 5.17. The number of nitrogens with zero attached hydrogens (tertiary/aromatic N) is 2. The van der Waals surface area contributed by atoms with E-state index in [-0.39, 0.29) is 5.91 Å². The van der Waals surface area contributed by atoms with Gasteiger partial charge in [-0.2, -0.15) is 0 Å². The number of carbonyl (C=O) groups is 1. The minimum atomic E-state index is -0.0268. The molecular weight excluding hydrogens is 455 g/mol. The van der Waals surface area contributed by atoms with Crippen molar-refractivity contribution in [3.63, 3.8) is 0 Å². The number of nitrogens with one attached hydrogen (secondary N) is 2. The Labute approximate surface area is 163 Å². The van der Waals surface area contributed by atoms with Crippen molar-refractivity contribution in [2.45, 2.75) is 42.5 Å². The van der Waals surface area contributed by atoms with E-state index in [0.717, 1.165) is 18.7 Å². The lowest BCUT2D eigenvalue weighted by atomic mass is 9.96. The van der Waals surface area contributed by atoms with Gasteiger partial charge in [-0.3, -0.25) is 4.79 Å². The fourth-order valence-corrected chi connectivity index (χ4v) is 4.78. The van der Waals surface area contributed by atoms with E-state index in [9.17, 15) is 4.79 Å². The van der Waals surface area contributed by atoms with Gasteiger partial charge in [-0.1, -0.05) is 54.5 Å². The second kappa shape index (κ2) is 9.00. The maximum atomic E-state index is 12.1. The number of aromatic nitrogens is 2. The Balaban J connectivity index is 1.46. The first-order chi connectivity index (χ1) is 11.7. The highest BCUT2D eigenvalue weighted by molar-refractivity contribution is 14.1. The van der Waals surface area contributed by atoms with Crippen molar-refractivity contribution in [1.29, 1.82) is 0 Å². The Hall–Kier alpha value is -0.870. The van der Waals surface area contributed by atoms with Gasteiger partial charge in [-0.15, -0.1) is 10.2 Å². The highest BCUT2D eigenvalue weighted by Gasteiger charge is 2.15. The smallest absolute Gasteiger partial charge is 0.234 e. The number of para-hydroxylation sites is 1. The lowest BCUT2D eigenvalue weighted by Gasteiger charge is -2.21. The summed E-state index contributed by atoms with van der Waals surface area (Å²) in [7, 11) is 0. The van der Waals surface area contributed by atoms with E-state index in [2.05, 4.69) is 43.4 Å². The van der Waals surface area contributed by atoms with Crippen molar-refractivity contribution < 1.29 is 4.79 Å². The number of halogens is 1. The first-order valence-electron chi connectivity index (χ1n) is 7.98. The van der Waals surface area contributed by atoms with Crippen LogP contribution in [0.1, 0.15) is 32.1 Å². The van der Waals surface area contributed by atoms with Gasteiger partial charge in [0.25, 0.3) is 0 Å². The van der Waals surface area contributed by atoms with Crippen LogP contribution in [0.2, 0.25) is 0 Å². The summed E-state index contributed by atoms with van der Waals surface area (Å²) in [5, 5.41) is 15.6. The van der Waals surface area contributed by atoms with Gasteiger partial charge in [0.05, 0.1) is 11.4 Å². The van der Waals surface area contributed by atoms with E-state index in [4.69, 9.17) is 0 Å². The zero-order valence-electron chi connectivity index (χ0n) is 13.1. The molecule has 0 saturated heterocycles. The van der Waals surface area contributed by atoms with Crippen LogP contribution in [0.3, 0.4) is 0 Å². The van der Waals surface area contributed by atoms with E-state index >= 15 is 0 Å². The van der Waals surface area contributed by atoms with Gasteiger partial charge in [0, 0.05) is 9.61 Å². The van der Waals surface area contributed by atoms with Crippen molar-refractivity contribution in [2.24, 2.45) is 0 Å². The molecule has 1 fully saturated rings. The average Bonchev–Trinajstić information content (AvgIpc) is 3.03. The zero-order chi connectivity index (χ0) is 16.8. The first kappa shape index (κ1) is 17.9. The monoisotopic (exact) mass is 474 g/mol. The van der Waals surface area contributed by atoms with Gasteiger partial charge in [0.2, 0.25) is 11.0 Å². The first-order valence-corrected chi connectivity index (χ1v) is 10.9. The van der Waals surface area contributed by atoms with Crippen LogP contribution in [0, 0.1) is 3.57 Å². The van der Waals surface area contributed by atoms with Crippen LogP contribution in [0.4, 0.5) is 10.8 Å². The van der Waals surface area contributed by atoms with Crippen molar-refractivity contribution in [2.75, 3.05) is 16.4 Å². The molecule has 0 unspecified atom stereocenters. The molecule has 0 radical (unpaired) electrons. The molecule has 1 aromatic carbocycles. The SMILES string of the molecule is O=C(CSc1nnc(NC2CCCCC2)s1)Nc1ccccc1I. The van der Waals surface area contributed by atoms with E-state index in [0.29, 0.717) is 11.8 Å². The van der Waals surface area contributed by atoms with Crippen LogP contribution in [0.5, 0.6) is 0 Å². The molecule has 5 nitrogen and oxygen atoms in total. The number of amides is 1. The van der Waals surface area contributed by atoms with Gasteiger partial charge in [0.15, 0.2) is 4.34 Å². The normalized spacial score (nSPS) is 15.2. The summed E-state index contributed by atoms with van der Waals surface area (Å²) in [6, 6.07) is 8.26. The molecule has 128 valence electrons. The molecule has 1 aromatic heterocycles. The predicted molar refractivity (Wildman–Crippen MR) is 109 cm³/mol. The molecule has 1 amide bonds. The molecule has 1 aliphatic carbocycles. The minimum Gasteiger partial charge on any atom is -0.357 e. The van der Waals surface area contributed by atoms with Crippen LogP contribution < -0.4 is 10.6 Å². The molecule has 0 aliphatic heterocycles. The summed E-state index contributed by atoms with van der Waals surface area (Å²) in [5.41, 5.74) is 0.848. The van der Waals surface area contributed by atoms with Crippen LogP contribution >= 0.6 is 45.7 Å². The van der Waals surface area contributed by atoms with Crippen molar-refractivity contribution in [3.8, 4) is 0 Å². The Morgan fingerprint density at radius 1 is 1.25 bits per heavy atom. The van der Waals surface area contributed by atoms with E-state index in [1.807, 2.05) is 24.3 Å². The molecule has 1 saturated carbocycles. The predicted octanol–water partition coefficient (Wildman–Crippen LogP) is 4.62. The van der Waals surface area contributed by atoms with Crippen LogP contribution in [-0.2, 0) is 4.79 Å². The number of hydrogen-bond donors (Lipinski definition) is 2.